The second kappa shape index (κ2) is 6.99. The number of hydrogen-bond acceptors (Lipinski definition) is 5. The minimum atomic E-state index is -0.494. The van der Waals surface area contributed by atoms with Gasteiger partial charge in [0.05, 0.1) is 22.7 Å². The van der Waals surface area contributed by atoms with Crippen LogP contribution in [-0.4, -0.2) is 28.1 Å². The number of hydrogen-bond donors (Lipinski definition) is 1. The summed E-state index contributed by atoms with van der Waals surface area (Å²) < 4.78 is 0. The Morgan fingerprint density at radius 2 is 2.16 bits per heavy atom. The van der Waals surface area contributed by atoms with E-state index in [1.54, 1.807) is 28.7 Å². The molecule has 2 atom stereocenters. The maximum atomic E-state index is 10.6. The van der Waals surface area contributed by atoms with E-state index < -0.39 is 6.10 Å². The third kappa shape index (κ3) is 3.37. The molecular weight excluding hydrogens is 395 g/mol. The van der Waals surface area contributed by atoms with Gasteiger partial charge < -0.3 is 5.11 Å². The molecule has 130 valence electrons. The summed E-state index contributed by atoms with van der Waals surface area (Å²) >= 11 is 15.8. The molecule has 3 aromatic rings. The van der Waals surface area contributed by atoms with Crippen LogP contribution < -0.4 is 0 Å². The number of benzene rings is 1. The lowest BCUT2D eigenvalue weighted by Gasteiger charge is -2.27. The zero-order chi connectivity index (χ0) is 17.6. The number of nitrogens with zero attached hydrogens (tertiary/aromatic N) is 2. The number of fused-ring (bicyclic) bond motifs is 1. The van der Waals surface area contributed by atoms with Crippen LogP contribution in [0, 0.1) is 0 Å². The summed E-state index contributed by atoms with van der Waals surface area (Å²) in [5.41, 5.74) is 3.01. The van der Waals surface area contributed by atoms with Crippen LogP contribution in [0.3, 0.4) is 0 Å². The average Bonchev–Trinajstić information content (AvgIpc) is 3.25. The first-order valence-corrected chi connectivity index (χ1v) is 10.4. The largest absolute Gasteiger partial charge is 0.391 e. The van der Waals surface area contributed by atoms with E-state index in [1.165, 1.54) is 4.88 Å². The van der Waals surface area contributed by atoms with Gasteiger partial charge in [-0.3, -0.25) is 4.90 Å². The molecule has 0 radical (unpaired) electrons. The summed E-state index contributed by atoms with van der Waals surface area (Å²) in [5, 5.41) is 17.0. The highest BCUT2D eigenvalue weighted by molar-refractivity contribution is 7.20. The maximum absolute atomic E-state index is 10.6. The van der Waals surface area contributed by atoms with Crippen molar-refractivity contribution in [2.75, 3.05) is 7.05 Å². The summed E-state index contributed by atoms with van der Waals surface area (Å²) in [4.78, 5) is 8.04. The van der Waals surface area contributed by atoms with E-state index in [1.807, 2.05) is 19.2 Å². The lowest BCUT2D eigenvalue weighted by Crippen LogP contribution is -2.30. The van der Waals surface area contributed by atoms with Gasteiger partial charge in [-0.15, -0.1) is 22.7 Å². The Bertz CT molecular complexity index is 895. The molecule has 7 heteroatoms. The van der Waals surface area contributed by atoms with Crippen LogP contribution in [0.5, 0.6) is 0 Å². The van der Waals surface area contributed by atoms with Crippen molar-refractivity contribution in [3.63, 3.8) is 0 Å². The molecule has 0 fully saturated rings. The fourth-order valence-corrected chi connectivity index (χ4v) is 5.62. The van der Waals surface area contributed by atoms with E-state index in [0.717, 1.165) is 21.8 Å². The molecule has 2 unspecified atom stereocenters. The predicted molar refractivity (Wildman–Crippen MR) is 106 cm³/mol. The summed E-state index contributed by atoms with van der Waals surface area (Å²) in [6.07, 6.45) is 0.0593. The molecule has 1 aromatic carbocycles. The first kappa shape index (κ1) is 17.5. The molecule has 1 aliphatic carbocycles. The zero-order valence-electron chi connectivity index (χ0n) is 13.4. The summed E-state index contributed by atoms with van der Waals surface area (Å²) in [5.74, 6) is 0. The van der Waals surface area contributed by atoms with Gasteiger partial charge in [0.2, 0.25) is 0 Å². The highest BCUT2D eigenvalue weighted by Crippen LogP contribution is 2.41. The molecule has 2 heterocycles. The number of likely N-dealkylation sites (N-methyl/N-ethyl adjacent to an activating group) is 1. The van der Waals surface area contributed by atoms with Crippen LogP contribution in [0.1, 0.15) is 22.9 Å². The number of thiazole rings is 1. The van der Waals surface area contributed by atoms with Gasteiger partial charge in [0.25, 0.3) is 0 Å². The van der Waals surface area contributed by atoms with Crippen LogP contribution in [0.4, 0.5) is 0 Å². The van der Waals surface area contributed by atoms with Crippen LogP contribution in [-0.2, 0) is 13.0 Å². The van der Waals surface area contributed by atoms with Crippen molar-refractivity contribution in [2.24, 2.45) is 0 Å². The van der Waals surface area contributed by atoms with E-state index >= 15 is 0 Å². The topological polar surface area (TPSA) is 36.4 Å². The van der Waals surface area contributed by atoms with E-state index in [2.05, 4.69) is 21.7 Å². The Morgan fingerprint density at radius 1 is 1.32 bits per heavy atom. The van der Waals surface area contributed by atoms with E-state index in [9.17, 15) is 5.11 Å². The highest BCUT2D eigenvalue weighted by atomic mass is 35.5. The second-order valence-corrected chi connectivity index (χ2v) is 8.86. The molecular formula is C18H16Cl2N2OS2. The van der Waals surface area contributed by atoms with E-state index in [0.29, 0.717) is 23.0 Å². The molecule has 3 nitrogen and oxygen atoms in total. The molecule has 0 aliphatic heterocycles. The van der Waals surface area contributed by atoms with Gasteiger partial charge in [-0.25, -0.2) is 4.98 Å². The SMILES string of the molecule is CN(Cc1csc(-c2cccs2)n1)C1c2cc(Cl)cc(Cl)c2CC1O. The van der Waals surface area contributed by atoms with Gasteiger partial charge in [0, 0.05) is 28.4 Å². The monoisotopic (exact) mass is 410 g/mol. The molecule has 4 rings (SSSR count). The maximum Gasteiger partial charge on any atom is 0.133 e. The van der Waals surface area contributed by atoms with Gasteiger partial charge >= 0.3 is 0 Å². The Balaban J connectivity index is 1.57. The number of aliphatic hydroxyl groups is 1. The molecule has 0 spiro atoms. The minimum absolute atomic E-state index is 0.127. The quantitative estimate of drug-likeness (QED) is 0.636. The summed E-state index contributed by atoms with van der Waals surface area (Å²) in [6, 6.07) is 7.64. The highest BCUT2D eigenvalue weighted by Gasteiger charge is 2.35. The molecule has 0 bridgehead atoms. The molecule has 1 N–H and O–H groups in total. The Kier molecular flexibility index (Phi) is 4.88. The third-order valence-electron chi connectivity index (χ3n) is 4.46. The molecule has 0 saturated carbocycles. The average molecular weight is 411 g/mol. The standard InChI is InChI=1S/C18H16Cl2N2OS2/c1-22(8-11-9-25-18(21-11)16-3-2-4-24-16)17-13-5-10(19)6-14(20)12(13)7-15(17)23/h2-6,9,15,17,23H,7-8H2,1H3. The fraction of sp³-hybridized carbons (Fsp3) is 0.278. The van der Waals surface area contributed by atoms with Crippen molar-refractivity contribution in [1.82, 2.24) is 9.88 Å². The van der Waals surface area contributed by atoms with Crippen molar-refractivity contribution in [3.8, 4) is 9.88 Å². The number of thiophene rings is 1. The predicted octanol–water partition coefficient (Wildman–Crippen LogP) is 5.27. The van der Waals surface area contributed by atoms with Crippen molar-refractivity contribution in [1.29, 1.82) is 0 Å². The molecule has 25 heavy (non-hydrogen) atoms. The van der Waals surface area contributed by atoms with Crippen LogP contribution in [0.25, 0.3) is 9.88 Å². The van der Waals surface area contributed by atoms with Crippen LogP contribution in [0.2, 0.25) is 10.0 Å². The van der Waals surface area contributed by atoms with E-state index in [-0.39, 0.29) is 6.04 Å². The fourth-order valence-electron chi connectivity index (χ4n) is 3.41. The Morgan fingerprint density at radius 3 is 2.92 bits per heavy atom. The van der Waals surface area contributed by atoms with Gasteiger partial charge in [-0.2, -0.15) is 0 Å². The smallest absolute Gasteiger partial charge is 0.133 e. The van der Waals surface area contributed by atoms with Crippen molar-refractivity contribution < 1.29 is 5.11 Å². The number of halogens is 2. The van der Waals surface area contributed by atoms with Crippen LogP contribution in [0.15, 0.2) is 35.0 Å². The van der Waals surface area contributed by atoms with Gasteiger partial charge in [-0.05, 0) is 41.8 Å². The number of rotatable bonds is 4. The van der Waals surface area contributed by atoms with E-state index in [4.69, 9.17) is 28.2 Å². The van der Waals surface area contributed by atoms with Crippen LogP contribution >= 0.6 is 45.9 Å². The third-order valence-corrected chi connectivity index (χ3v) is 6.95. The first-order valence-electron chi connectivity index (χ1n) is 7.87. The minimum Gasteiger partial charge on any atom is -0.391 e. The summed E-state index contributed by atoms with van der Waals surface area (Å²) in [7, 11) is 2.00. The van der Waals surface area contributed by atoms with Crippen molar-refractivity contribution in [2.45, 2.75) is 25.1 Å². The van der Waals surface area contributed by atoms with Gasteiger partial charge in [0.1, 0.15) is 5.01 Å². The number of aliphatic hydroxyl groups excluding tert-OH is 1. The van der Waals surface area contributed by atoms with Crippen molar-refractivity contribution in [3.05, 3.63) is 61.9 Å². The normalized spacial score (nSPS) is 19.6. The summed E-state index contributed by atoms with van der Waals surface area (Å²) in [6.45, 7) is 0.660. The molecule has 1 aliphatic rings. The lowest BCUT2D eigenvalue weighted by atomic mass is 10.1. The molecule has 2 aromatic heterocycles. The molecule has 0 saturated heterocycles. The number of aromatic nitrogens is 1. The van der Waals surface area contributed by atoms with Gasteiger partial charge in [-0.1, -0.05) is 29.3 Å². The second-order valence-electron chi connectivity index (χ2n) is 6.21. The first-order chi connectivity index (χ1) is 12.0. The van der Waals surface area contributed by atoms with Gasteiger partial charge in [0.15, 0.2) is 0 Å². The lowest BCUT2D eigenvalue weighted by molar-refractivity contribution is 0.0719. The molecule has 0 amide bonds. The zero-order valence-corrected chi connectivity index (χ0v) is 16.6. The van der Waals surface area contributed by atoms with Crippen molar-refractivity contribution >= 4 is 45.9 Å². The Labute approximate surface area is 164 Å². The Hall–Kier alpha value is -0.950.